The van der Waals surface area contributed by atoms with Crippen molar-refractivity contribution in [3.8, 4) is 0 Å². The summed E-state index contributed by atoms with van der Waals surface area (Å²) in [6.45, 7) is 0.0663. The highest BCUT2D eigenvalue weighted by Crippen LogP contribution is 2.18. The maximum absolute atomic E-state index is 10.3. The van der Waals surface area contributed by atoms with Crippen molar-refractivity contribution in [2.75, 3.05) is 6.61 Å². The second-order valence-electron chi connectivity index (χ2n) is 3.52. The fourth-order valence-electron chi connectivity index (χ4n) is 1.67. The maximum Gasteiger partial charge on any atom is 0.329 e. The van der Waals surface area contributed by atoms with Crippen LogP contribution in [0.3, 0.4) is 0 Å². The van der Waals surface area contributed by atoms with E-state index in [0.29, 0.717) is 6.61 Å². The van der Waals surface area contributed by atoms with Crippen LogP contribution in [0.1, 0.15) is 5.56 Å². The topological polar surface area (TPSA) is 46.5 Å². The Bertz CT molecular complexity index is 505. The Labute approximate surface area is 105 Å². The SMILES string of the molecule is Cl.O=C(O)COCc1cccc2ccccc12. The number of rotatable bonds is 4. The van der Waals surface area contributed by atoms with E-state index in [-0.39, 0.29) is 19.0 Å². The molecule has 2 rings (SSSR count). The predicted octanol–water partition coefficient (Wildman–Crippen LogP) is 2.86. The van der Waals surface area contributed by atoms with Crippen molar-refractivity contribution in [1.82, 2.24) is 0 Å². The van der Waals surface area contributed by atoms with Gasteiger partial charge >= 0.3 is 5.97 Å². The molecule has 0 aromatic heterocycles. The molecule has 0 atom stereocenters. The first-order chi connectivity index (χ1) is 7.77. The van der Waals surface area contributed by atoms with Crippen LogP contribution in [0.25, 0.3) is 10.8 Å². The van der Waals surface area contributed by atoms with Crippen LogP contribution in [0.2, 0.25) is 0 Å². The summed E-state index contributed by atoms with van der Waals surface area (Å²) in [5.74, 6) is -0.944. The lowest BCUT2D eigenvalue weighted by molar-refractivity contribution is -0.142. The predicted molar refractivity (Wildman–Crippen MR) is 68.5 cm³/mol. The monoisotopic (exact) mass is 252 g/mol. The molecule has 1 N–H and O–H groups in total. The fraction of sp³-hybridized carbons (Fsp3) is 0.154. The van der Waals surface area contributed by atoms with Crippen LogP contribution in [0, 0.1) is 0 Å². The van der Waals surface area contributed by atoms with E-state index in [2.05, 4.69) is 0 Å². The van der Waals surface area contributed by atoms with Gasteiger partial charge in [-0.2, -0.15) is 0 Å². The van der Waals surface area contributed by atoms with Crippen LogP contribution in [0.5, 0.6) is 0 Å². The molecular formula is C13H13ClO3. The second kappa shape index (κ2) is 6.23. The Hall–Kier alpha value is -1.58. The van der Waals surface area contributed by atoms with E-state index in [1.165, 1.54) is 0 Å². The number of halogens is 1. The minimum atomic E-state index is -0.944. The standard InChI is InChI=1S/C13H12O3.ClH/c14-13(15)9-16-8-11-6-3-5-10-4-1-2-7-12(10)11;/h1-7H,8-9H2,(H,14,15);1H. The number of carboxylic acid groups (broad SMARTS) is 1. The number of carboxylic acids is 1. The van der Waals surface area contributed by atoms with Gasteiger partial charge in [0, 0.05) is 0 Å². The van der Waals surface area contributed by atoms with Crippen LogP contribution < -0.4 is 0 Å². The Balaban J connectivity index is 0.00000144. The van der Waals surface area contributed by atoms with E-state index in [1.54, 1.807) is 0 Å². The summed E-state index contributed by atoms with van der Waals surface area (Å²) < 4.78 is 5.09. The van der Waals surface area contributed by atoms with E-state index < -0.39 is 5.97 Å². The zero-order valence-corrected chi connectivity index (χ0v) is 9.94. The third-order valence-electron chi connectivity index (χ3n) is 2.36. The molecule has 2 aromatic carbocycles. The highest BCUT2D eigenvalue weighted by molar-refractivity contribution is 5.85. The van der Waals surface area contributed by atoms with Gasteiger partial charge in [-0.3, -0.25) is 0 Å². The highest BCUT2D eigenvalue weighted by atomic mass is 35.5. The van der Waals surface area contributed by atoms with E-state index in [0.717, 1.165) is 16.3 Å². The van der Waals surface area contributed by atoms with Crippen LogP contribution in [-0.4, -0.2) is 17.7 Å². The molecule has 17 heavy (non-hydrogen) atoms. The Morgan fingerprint density at radius 2 is 1.82 bits per heavy atom. The van der Waals surface area contributed by atoms with Crippen molar-refractivity contribution in [1.29, 1.82) is 0 Å². The molecular weight excluding hydrogens is 240 g/mol. The molecule has 90 valence electrons. The lowest BCUT2D eigenvalue weighted by Gasteiger charge is -2.06. The van der Waals surface area contributed by atoms with Crippen LogP contribution in [0.4, 0.5) is 0 Å². The first kappa shape index (κ1) is 13.5. The first-order valence-electron chi connectivity index (χ1n) is 5.03. The average Bonchev–Trinajstić information content (AvgIpc) is 2.29. The van der Waals surface area contributed by atoms with E-state index in [4.69, 9.17) is 9.84 Å². The van der Waals surface area contributed by atoms with Crippen molar-refractivity contribution < 1.29 is 14.6 Å². The van der Waals surface area contributed by atoms with Crippen molar-refractivity contribution in [2.24, 2.45) is 0 Å². The smallest absolute Gasteiger partial charge is 0.329 e. The molecule has 2 aromatic rings. The summed E-state index contributed by atoms with van der Waals surface area (Å²) in [7, 11) is 0. The molecule has 0 fully saturated rings. The lowest BCUT2D eigenvalue weighted by Crippen LogP contribution is -2.06. The number of carbonyl (C=O) groups is 1. The fourth-order valence-corrected chi connectivity index (χ4v) is 1.67. The molecule has 0 saturated heterocycles. The zero-order chi connectivity index (χ0) is 11.4. The number of fused-ring (bicyclic) bond motifs is 1. The second-order valence-corrected chi connectivity index (χ2v) is 3.52. The summed E-state index contributed by atoms with van der Waals surface area (Å²) in [6.07, 6.45) is 0. The molecule has 0 saturated carbocycles. The number of ether oxygens (including phenoxy) is 1. The Morgan fingerprint density at radius 1 is 1.12 bits per heavy atom. The summed E-state index contributed by atoms with van der Waals surface area (Å²) in [5, 5.41) is 10.7. The van der Waals surface area contributed by atoms with Crippen molar-refractivity contribution in [3.63, 3.8) is 0 Å². The van der Waals surface area contributed by atoms with Crippen molar-refractivity contribution in [2.45, 2.75) is 6.61 Å². The Morgan fingerprint density at radius 3 is 2.59 bits per heavy atom. The lowest BCUT2D eigenvalue weighted by atomic mass is 10.1. The third kappa shape index (κ3) is 3.44. The summed E-state index contributed by atoms with van der Waals surface area (Å²) in [4.78, 5) is 10.3. The molecule has 0 aliphatic rings. The number of hydrogen-bond donors (Lipinski definition) is 1. The van der Waals surface area contributed by atoms with Crippen LogP contribution >= 0.6 is 12.4 Å². The molecule has 0 aliphatic carbocycles. The van der Waals surface area contributed by atoms with Gasteiger partial charge in [-0.1, -0.05) is 42.5 Å². The van der Waals surface area contributed by atoms with Gasteiger partial charge < -0.3 is 9.84 Å². The molecule has 0 bridgehead atoms. The normalized spacial score (nSPS) is 9.88. The van der Waals surface area contributed by atoms with Gasteiger partial charge in [0.05, 0.1) is 6.61 Å². The maximum atomic E-state index is 10.3. The summed E-state index contributed by atoms with van der Waals surface area (Å²) in [5.41, 5.74) is 1.01. The minimum Gasteiger partial charge on any atom is -0.480 e. The molecule has 0 unspecified atom stereocenters. The number of benzene rings is 2. The molecule has 0 amide bonds. The first-order valence-corrected chi connectivity index (χ1v) is 5.03. The van der Waals surface area contributed by atoms with Gasteiger partial charge in [-0.05, 0) is 16.3 Å². The van der Waals surface area contributed by atoms with Crippen molar-refractivity contribution >= 4 is 29.1 Å². The minimum absolute atomic E-state index is 0. The quantitative estimate of drug-likeness (QED) is 0.910. The molecule has 0 aliphatic heterocycles. The van der Waals surface area contributed by atoms with Gasteiger partial charge in [0.25, 0.3) is 0 Å². The van der Waals surface area contributed by atoms with Gasteiger partial charge in [0.15, 0.2) is 0 Å². The number of aliphatic carboxylic acids is 1. The number of hydrogen-bond acceptors (Lipinski definition) is 2. The molecule has 0 radical (unpaired) electrons. The van der Waals surface area contributed by atoms with Crippen molar-refractivity contribution in [3.05, 3.63) is 48.0 Å². The van der Waals surface area contributed by atoms with Gasteiger partial charge in [-0.15, -0.1) is 12.4 Å². The van der Waals surface area contributed by atoms with Gasteiger partial charge in [-0.25, -0.2) is 4.79 Å². The zero-order valence-electron chi connectivity index (χ0n) is 9.13. The van der Waals surface area contributed by atoms with E-state index in [1.807, 2.05) is 42.5 Å². The van der Waals surface area contributed by atoms with Crippen LogP contribution in [0.15, 0.2) is 42.5 Å². The van der Waals surface area contributed by atoms with Crippen LogP contribution in [-0.2, 0) is 16.1 Å². The summed E-state index contributed by atoms with van der Waals surface area (Å²) >= 11 is 0. The van der Waals surface area contributed by atoms with E-state index >= 15 is 0 Å². The van der Waals surface area contributed by atoms with Gasteiger partial charge in [0.1, 0.15) is 6.61 Å². The van der Waals surface area contributed by atoms with Gasteiger partial charge in [0.2, 0.25) is 0 Å². The Kier molecular flexibility index (Phi) is 4.94. The third-order valence-corrected chi connectivity index (χ3v) is 2.36. The highest BCUT2D eigenvalue weighted by Gasteiger charge is 2.01. The molecule has 0 spiro atoms. The molecule has 3 nitrogen and oxygen atoms in total. The average molecular weight is 253 g/mol. The molecule has 0 heterocycles. The molecule has 4 heteroatoms. The summed E-state index contributed by atoms with van der Waals surface area (Å²) in [6, 6.07) is 13.9. The largest absolute Gasteiger partial charge is 0.480 e. The van der Waals surface area contributed by atoms with E-state index in [9.17, 15) is 4.79 Å².